The van der Waals surface area contributed by atoms with Crippen LogP contribution in [0.2, 0.25) is 0 Å². The Morgan fingerprint density at radius 1 is 1.30 bits per heavy atom. The Balaban J connectivity index is 2.46. The zero-order chi connectivity index (χ0) is 17.3. The summed E-state index contributed by atoms with van der Waals surface area (Å²) >= 11 is 0. The lowest BCUT2D eigenvalue weighted by Gasteiger charge is -2.07. The Morgan fingerprint density at radius 3 is 2.48 bits per heavy atom. The second-order valence-electron chi connectivity index (χ2n) is 4.75. The van der Waals surface area contributed by atoms with Crippen LogP contribution in [0.5, 0.6) is 5.88 Å². The van der Waals surface area contributed by atoms with Gasteiger partial charge in [-0.15, -0.1) is 0 Å². The van der Waals surface area contributed by atoms with Crippen LogP contribution >= 0.6 is 0 Å². The molecule has 0 aliphatic heterocycles. The molecule has 0 bridgehead atoms. The third-order valence-electron chi connectivity index (χ3n) is 2.79. The van der Waals surface area contributed by atoms with E-state index in [0.29, 0.717) is 6.42 Å². The lowest BCUT2D eigenvalue weighted by molar-refractivity contribution is -0.141. The van der Waals surface area contributed by atoms with Crippen LogP contribution in [0, 0.1) is 0 Å². The Kier molecular flexibility index (Phi) is 4.64. The minimum atomic E-state index is -4.62. The fourth-order valence-corrected chi connectivity index (χ4v) is 2.25. The average molecular weight is 349 g/mol. The van der Waals surface area contributed by atoms with Gasteiger partial charge in [-0.3, -0.25) is 0 Å². The van der Waals surface area contributed by atoms with Crippen molar-refractivity contribution in [2.45, 2.75) is 24.4 Å². The van der Waals surface area contributed by atoms with Crippen molar-refractivity contribution in [3.63, 3.8) is 0 Å². The van der Waals surface area contributed by atoms with Gasteiger partial charge in [0.2, 0.25) is 5.88 Å². The van der Waals surface area contributed by atoms with E-state index in [1.807, 2.05) is 6.92 Å². The standard InChI is InChI=1S/C13H14F3N3O3S/c1-3-6-22-12-7-10(13(14,15)16)18-19(12)11-5-4-9(8-17-11)23(2,20)21/h4-5,7-8H,3,6H2,1-2H3. The number of ether oxygens (including phenoxy) is 1. The van der Waals surface area contributed by atoms with E-state index in [9.17, 15) is 21.6 Å². The maximum Gasteiger partial charge on any atom is 0.435 e. The summed E-state index contributed by atoms with van der Waals surface area (Å²) in [6.07, 6.45) is -1.95. The maximum absolute atomic E-state index is 12.8. The fourth-order valence-electron chi connectivity index (χ4n) is 1.69. The highest BCUT2D eigenvalue weighted by Gasteiger charge is 2.35. The molecule has 10 heteroatoms. The van der Waals surface area contributed by atoms with Gasteiger partial charge in [0.15, 0.2) is 21.3 Å². The number of pyridine rings is 1. The molecular formula is C13H14F3N3O3S. The monoisotopic (exact) mass is 349 g/mol. The number of hydrogen-bond acceptors (Lipinski definition) is 5. The van der Waals surface area contributed by atoms with Gasteiger partial charge in [-0.25, -0.2) is 13.4 Å². The van der Waals surface area contributed by atoms with Crippen LogP contribution in [-0.2, 0) is 16.0 Å². The smallest absolute Gasteiger partial charge is 0.435 e. The van der Waals surface area contributed by atoms with Crippen LogP contribution in [0.15, 0.2) is 29.3 Å². The van der Waals surface area contributed by atoms with E-state index in [0.717, 1.165) is 23.2 Å². The van der Waals surface area contributed by atoms with Crippen LogP contribution in [0.25, 0.3) is 5.82 Å². The Morgan fingerprint density at radius 2 is 2.00 bits per heavy atom. The van der Waals surface area contributed by atoms with Crippen LogP contribution < -0.4 is 4.74 Å². The van der Waals surface area contributed by atoms with Crippen molar-refractivity contribution >= 4 is 9.84 Å². The molecule has 0 N–H and O–H groups in total. The van der Waals surface area contributed by atoms with E-state index >= 15 is 0 Å². The minimum Gasteiger partial charge on any atom is -0.478 e. The molecule has 0 aromatic carbocycles. The molecule has 2 aromatic rings. The summed E-state index contributed by atoms with van der Waals surface area (Å²) in [5, 5.41) is 3.45. The van der Waals surface area contributed by atoms with Crippen LogP contribution in [-0.4, -0.2) is 36.0 Å². The number of alkyl halides is 3. The average Bonchev–Trinajstić information content (AvgIpc) is 2.88. The van der Waals surface area contributed by atoms with Gasteiger partial charge in [-0.2, -0.15) is 23.0 Å². The van der Waals surface area contributed by atoms with E-state index in [1.165, 1.54) is 12.1 Å². The molecule has 2 heterocycles. The topological polar surface area (TPSA) is 74.1 Å². The maximum atomic E-state index is 12.8. The van der Waals surface area contributed by atoms with Gasteiger partial charge in [0.1, 0.15) is 0 Å². The van der Waals surface area contributed by atoms with Crippen molar-refractivity contribution in [2.75, 3.05) is 12.9 Å². The molecular weight excluding hydrogens is 335 g/mol. The van der Waals surface area contributed by atoms with Crippen LogP contribution in [0.1, 0.15) is 19.0 Å². The summed E-state index contributed by atoms with van der Waals surface area (Å²) in [5.41, 5.74) is -1.11. The molecule has 0 unspecified atom stereocenters. The Hall–Kier alpha value is -2.10. The van der Waals surface area contributed by atoms with Gasteiger partial charge in [-0.1, -0.05) is 6.92 Å². The molecule has 0 fully saturated rings. The summed E-state index contributed by atoms with van der Waals surface area (Å²) < 4.78 is 67.4. The number of nitrogens with zero attached hydrogens (tertiary/aromatic N) is 3. The molecule has 2 rings (SSSR count). The number of halogens is 3. The molecule has 126 valence electrons. The van der Waals surface area contributed by atoms with Crippen LogP contribution in [0.4, 0.5) is 13.2 Å². The van der Waals surface area contributed by atoms with E-state index in [4.69, 9.17) is 4.74 Å². The lowest BCUT2D eigenvalue weighted by atomic mass is 10.4. The fraction of sp³-hybridized carbons (Fsp3) is 0.385. The van der Waals surface area contributed by atoms with Crippen molar-refractivity contribution < 1.29 is 26.3 Å². The molecule has 0 aliphatic carbocycles. The minimum absolute atomic E-state index is 0.0269. The van der Waals surface area contributed by atoms with Crippen molar-refractivity contribution in [1.82, 2.24) is 14.8 Å². The second-order valence-corrected chi connectivity index (χ2v) is 6.77. The van der Waals surface area contributed by atoms with E-state index in [2.05, 4.69) is 10.1 Å². The quantitative estimate of drug-likeness (QED) is 0.829. The van der Waals surface area contributed by atoms with Crippen LogP contribution in [0.3, 0.4) is 0 Å². The second kappa shape index (κ2) is 6.19. The van der Waals surface area contributed by atoms with Crippen molar-refractivity contribution in [2.24, 2.45) is 0 Å². The van der Waals surface area contributed by atoms with Gasteiger partial charge in [0.25, 0.3) is 0 Å². The molecule has 0 saturated carbocycles. The molecule has 0 spiro atoms. The normalized spacial score (nSPS) is 12.4. The van der Waals surface area contributed by atoms with Gasteiger partial charge >= 0.3 is 6.18 Å². The third-order valence-corrected chi connectivity index (χ3v) is 3.88. The molecule has 0 amide bonds. The van der Waals surface area contributed by atoms with Crippen molar-refractivity contribution in [3.8, 4) is 11.7 Å². The number of hydrogen-bond donors (Lipinski definition) is 0. The first-order chi connectivity index (χ1) is 10.6. The largest absolute Gasteiger partial charge is 0.478 e. The van der Waals surface area contributed by atoms with Gasteiger partial charge < -0.3 is 4.74 Å². The van der Waals surface area contributed by atoms with Gasteiger partial charge in [0, 0.05) is 18.5 Å². The number of rotatable bonds is 5. The lowest BCUT2D eigenvalue weighted by Crippen LogP contribution is -2.09. The zero-order valence-corrected chi connectivity index (χ0v) is 13.1. The first-order valence-electron chi connectivity index (χ1n) is 6.59. The van der Waals surface area contributed by atoms with Crippen molar-refractivity contribution in [3.05, 3.63) is 30.1 Å². The van der Waals surface area contributed by atoms with E-state index < -0.39 is 21.7 Å². The summed E-state index contributed by atoms with van der Waals surface area (Å²) in [6.45, 7) is 2.02. The molecule has 0 atom stereocenters. The predicted octanol–water partition coefficient (Wildman–Crippen LogP) is 2.48. The Bertz CT molecular complexity index is 783. The Labute approximate surface area is 130 Å². The highest BCUT2D eigenvalue weighted by atomic mass is 32.2. The summed E-state index contributed by atoms with van der Waals surface area (Å²) in [5.74, 6) is -0.0854. The molecule has 23 heavy (non-hydrogen) atoms. The predicted molar refractivity (Wildman–Crippen MR) is 75.3 cm³/mol. The summed E-state index contributed by atoms with van der Waals surface area (Å²) in [4.78, 5) is 3.81. The number of sulfone groups is 1. The summed E-state index contributed by atoms with van der Waals surface area (Å²) in [6, 6.07) is 3.29. The molecule has 0 aliphatic rings. The molecule has 0 radical (unpaired) electrons. The zero-order valence-electron chi connectivity index (χ0n) is 12.3. The SMILES string of the molecule is CCCOc1cc(C(F)(F)F)nn1-c1ccc(S(C)(=O)=O)cn1. The summed E-state index contributed by atoms with van der Waals surface area (Å²) in [7, 11) is -3.45. The number of aromatic nitrogens is 3. The third kappa shape index (κ3) is 4.01. The highest BCUT2D eigenvalue weighted by molar-refractivity contribution is 7.90. The molecule has 0 saturated heterocycles. The van der Waals surface area contributed by atoms with Crippen molar-refractivity contribution in [1.29, 1.82) is 0 Å². The van der Waals surface area contributed by atoms with Gasteiger partial charge in [0.05, 0.1) is 11.5 Å². The first-order valence-corrected chi connectivity index (χ1v) is 8.48. The molecule has 2 aromatic heterocycles. The van der Waals surface area contributed by atoms with E-state index in [-0.39, 0.29) is 23.2 Å². The molecule has 6 nitrogen and oxygen atoms in total. The van der Waals surface area contributed by atoms with Gasteiger partial charge in [-0.05, 0) is 18.6 Å². The first kappa shape index (κ1) is 17.3. The highest BCUT2D eigenvalue weighted by Crippen LogP contribution is 2.32. The van der Waals surface area contributed by atoms with E-state index in [1.54, 1.807) is 0 Å².